The smallest absolute Gasteiger partial charge is 0.241 e. The highest BCUT2D eigenvalue weighted by atomic mass is 16.5. The molecule has 1 unspecified atom stereocenters. The fourth-order valence-electron chi connectivity index (χ4n) is 4.54. The number of carbonyl (C=O) groups excluding carboxylic acids is 1. The zero-order chi connectivity index (χ0) is 19.3. The van der Waals surface area contributed by atoms with Gasteiger partial charge < -0.3 is 4.74 Å². The summed E-state index contributed by atoms with van der Waals surface area (Å²) >= 11 is 0. The maximum Gasteiger partial charge on any atom is 0.241 e. The lowest BCUT2D eigenvalue weighted by Gasteiger charge is -2.38. The highest BCUT2D eigenvalue weighted by Gasteiger charge is 2.34. The third-order valence-electron chi connectivity index (χ3n) is 6.12. The first kappa shape index (κ1) is 19.0. The molecule has 4 heteroatoms. The highest BCUT2D eigenvalue weighted by molar-refractivity contribution is 5.97. The molecule has 0 aromatic heterocycles. The second-order valence-electron chi connectivity index (χ2n) is 8.03. The Bertz CT molecular complexity index is 784. The molecule has 1 aliphatic heterocycles. The summed E-state index contributed by atoms with van der Waals surface area (Å²) in [5, 5.41) is 0. The Morgan fingerprint density at radius 3 is 2.43 bits per heavy atom. The van der Waals surface area contributed by atoms with Gasteiger partial charge in [0.25, 0.3) is 0 Å². The molecule has 4 nitrogen and oxygen atoms in total. The molecular weight excluding hydrogens is 348 g/mol. The van der Waals surface area contributed by atoms with Crippen LogP contribution in [0.25, 0.3) is 0 Å². The minimum Gasteiger partial charge on any atom is -0.489 e. The molecule has 0 N–H and O–H groups in total. The predicted octanol–water partition coefficient (Wildman–Crippen LogP) is 4.81. The maximum atomic E-state index is 13.5. The van der Waals surface area contributed by atoms with Gasteiger partial charge in [-0.25, -0.2) is 0 Å². The van der Waals surface area contributed by atoms with E-state index < -0.39 is 0 Å². The average Bonchev–Trinajstić information content (AvgIpc) is 3.03. The molecule has 1 heterocycles. The third kappa shape index (κ3) is 4.07. The van der Waals surface area contributed by atoms with E-state index in [4.69, 9.17) is 4.74 Å². The van der Waals surface area contributed by atoms with Gasteiger partial charge in [0.05, 0.1) is 18.3 Å². The van der Waals surface area contributed by atoms with E-state index in [9.17, 15) is 4.79 Å². The standard InChI is InChI=1S/C24H30N2O2/c1-25(20-13-7-2-3-8-14-20)17-24(27)26-21-15-9-10-16-23(21)28-18-22(26)19-11-5-4-6-12-19/h4-6,9-12,15-16,20,22H,2-3,7-8,13-14,17-18H2,1H3. The van der Waals surface area contributed by atoms with Crippen LogP contribution in [0.3, 0.4) is 0 Å². The van der Waals surface area contributed by atoms with E-state index in [0.29, 0.717) is 19.2 Å². The molecule has 2 aromatic rings. The van der Waals surface area contributed by atoms with Gasteiger partial charge >= 0.3 is 0 Å². The van der Waals surface area contributed by atoms with Crippen molar-refractivity contribution >= 4 is 11.6 Å². The number of hydrogen-bond donors (Lipinski definition) is 0. The molecular formula is C24H30N2O2. The topological polar surface area (TPSA) is 32.8 Å². The number of anilines is 1. The van der Waals surface area contributed by atoms with Gasteiger partial charge in [0.2, 0.25) is 5.91 Å². The number of ether oxygens (including phenoxy) is 1. The lowest BCUT2D eigenvalue weighted by Crippen LogP contribution is -2.47. The molecule has 0 saturated heterocycles. The first-order valence-corrected chi connectivity index (χ1v) is 10.5. The quantitative estimate of drug-likeness (QED) is 0.716. The molecule has 2 aliphatic rings. The molecule has 2 aromatic carbocycles. The molecule has 148 valence electrons. The van der Waals surface area contributed by atoms with E-state index in [1.54, 1.807) is 0 Å². The minimum absolute atomic E-state index is 0.0915. The van der Waals surface area contributed by atoms with Gasteiger partial charge in [0, 0.05) is 6.04 Å². The number of para-hydroxylation sites is 2. The van der Waals surface area contributed by atoms with Crippen LogP contribution in [0.2, 0.25) is 0 Å². The Labute approximate surface area is 168 Å². The Balaban J connectivity index is 1.58. The van der Waals surface area contributed by atoms with E-state index in [2.05, 4.69) is 24.1 Å². The monoisotopic (exact) mass is 378 g/mol. The lowest BCUT2D eigenvalue weighted by molar-refractivity contribution is -0.120. The summed E-state index contributed by atoms with van der Waals surface area (Å²) in [5.41, 5.74) is 1.99. The Morgan fingerprint density at radius 2 is 1.68 bits per heavy atom. The Morgan fingerprint density at radius 1 is 1.00 bits per heavy atom. The van der Waals surface area contributed by atoms with Crippen molar-refractivity contribution in [1.82, 2.24) is 4.90 Å². The molecule has 1 saturated carbocycles. The first-order valence-electron chi connectivity index (χ1n) is 10.5. The predicted molar refractivity (Wildman–Crippen MR) is 113 cm³/mol. The number of rotatable bonds is 4. The van der Waals surface area contributed by atoms with Crippen molar-refractivity contribution in [2.24, 2.45) is 0 Å². The molecule has 1 amide bonds. The molecule has 1 fully saturated rings. The summed E-state index contributed by atoms with van der Waals surface area (Å²) < 4.78 is 6.00. The second-order valence-corrected chi connectivity index (χ2v) is 8.03. The van der Waals surface area contributed by atoms with Crippen LogP contribution in [0.4, 0.5) is 5.69 Å². The van der Waals surface area contributed by atoms with Crippen LogP contribution in [-0.4, -0.2) is 37.0 Å². The van der Waals surface area contributed by atoms with Crippen molar-refractivity contribution in [1.29, 1.82) is 0 Å². The largest absolute Gasteiger partial charge is 0.489 e. The number of fused-ring (bicyclic) bond motifs is 1. The number of likely N-dealkylation sites (N-methyl/N-ethyl adjacent to an activating group) is 1. The van der Waals surface area contributed by atoms with Crippen LogP contribution < -0.4 is 9.64 Å². The highest BCUT2D eigenvalue weighted by Crippen LogP contribution is 2.39. The number of nitrogens with zero attached hydrogens (tertiary/aromatic N) is 2. The number of amides is 1. The number of benzene rings is 2. The van der Waals surface area contributed by atoms with E-state index in [-0.39, 0.29) is 11.9 Å². The van der Waals surface area contributed by atoms with E-state index in [1.807, 2.05) is 47.4 Å². The molecule has 0 radical (unpaired) electrons. The summed E-state index contributed by atoms with van der Waals surface area (Å²) in [5.74, 6) is 0.941. The van der Waals surface area contributed by atoms with E-state index >= 15 is 0 Å². The zero-order valence-corrected chi connectivity index (χ0v) is 16.7. The summed E-state index contributed by atoms with van der Waals surface area (Å²) in [6, 6.07) is 18.5. The normalized spacial score (nSPS) is 20.4. The second kappa shape index (κ2) is 8.78. The lowest BCUT2D eigenvalue weighted by atomic mass is 10.0. The molecule has 1 atom stereocenters. The number of hydrogen-bond acceptors (Lipinski definition) is 3. The maximum absolute atomic E-state index is 13.5. The van der Waals surface area contributed by atoms with Gasteiger partial charge in [-0.2, -0.15) is 0 Å². The van der Waals surface area contributed by atoms with Crippen molar-refractivity contribution in [2.45, 2.75) is 50.6 Å². The van der Waals surface area contributed by atoms with Crippen LogP contribution in [0.1, 0.15) is 50.1 Å². The van der Waals surface area contributed by atoms with Crippen molar-refractivity contribution in [3.8, 4) is 5.75 Å². The Hall–Kier alpha value is -2.33. The third-order valence-corrected chi connectivity index (χ3v) is 6.12. The molecule has 0 spiro atoms. The van der Waals surface area contributed by atoms with Crippen molar-refractivity contribution in [3.63, 3.8) is 0 Å². The first-order chi connectivity index (χ1) is 13.7. The van der Waals surface area contributed by atoms with E-state index in [1.165, 1.54) is 38.5 Å². The van der Waals surface area contributed by atoms with Crippen molar-refractivity contribution < 1.29 is 9.53 Å². The SMILES string of the molecule is CN(CC(=O)N1c2ccccc2OCC1c1ccccc1)C1CCCCCC1. The fourth-order valence-corrected chi connectivity index (χ4v) is 4.54. The summed E-state index contributed by atoms with van der Waals surface area (Å²) in [4.78, 5) is 17.7. The molecule has 1 aliphatic carbocycles. The van der Waals surface area contributed by atoms with Gasteiger partial charge in [-0.05, 0) is 37.6 Å². The number of carbonyl (C=O) groups is 1. The fraction of sp³-hybridized carbons (Fsp3) is 0.458. The van der Waals surface area contributed by atoms with Crippen LogP contribution in [-0.2, 0) is 4.79 Å². The van der Waals surface area contributed by atoms with Gasteiger partial charge in [-0.3, -0.25) is 14.6 Å². The van der Waals surface area contributed by atoms with Gasteiger partial charge in [-0.15, -0.1) is 0 Å². The van der Waals surface area contributed by atoms with Crippen LogP contribution in [0, 0.1) is 0 Å². The summed E-state index contributed by atoms with van der Waals surface area (Å²) in [7, 11) is 2.11. The minimum atomic E-state index is -0.0915. The summed E-state index contributed by atoms with van der Waals surface area (Å²) in [6.45, 7) is 0.933. The van der Waals surface area contributed by atoms with Gasteiger partial charge in [-0.1, -0.05) is 68.1 Å². The van der Waals surface area contributed by atoms with E-state index in [0.717, 1.165) is 17.0 Å². The zero-order valence-electron chi connectivity index (χ0n) is 16.7. The van der Waals surface area contributed by atoms with Crippen LogP contribution in [0.5, 0.6) is 5.75 Å². The molecule has 0 bridgehead atoms. The van der Waals surface area contributed by atoms with Gasteiger partial charge in [0.1, 0.15) is 12.4 Å². The average molecular weight is 379 g/mol. The van der Waals surface area contributed by atoms with Crippen LogP contribution in [0.15, 0.2) is 54.6 Å². The van der Waals surface area contributed by atoms with Crippen LogP contribution >= 0.6 is 0 Å². The molecule has 4 rings (SSSR count). The molecule has 28 heavy (non-hydrogen) atoms. The van der Waals surface area contributed by atoms with Crippen molar-refractivity contribution in [2.75, 3.05) is 25.1 Å². The van der Waals surface area contributed by atoms with Gasteiger partial charge in [0.15, 0.2) is 0 Å². The Kier molecular flexibility index (Phi) is 5.96. The van der Waals surface area contributed by atoms with Crippen molar-refractivity contribution in [3.05, 3.63) is 60.2 Å². The summed E-state index contributed by atoms with van der Waals surface area (Å²) in [6.07, 6.45) is 7.60.